The van der Waals surface area contributed by atoms with Crippen molar-refractivity contribution in [3.8, 4) is 23.0 Å². The molecular formula is C21H21ClN8O2S. The number of hydrogen-bond donors (Lipinski definition) is 2. The van der Waals surface area contributed by atoms with Gasteiger partial charge in [-0.3, -0.25) is 24.1 Å². The molecule has 170 valence electrons. The summed E-state index contributed by atoms with van der Waals surface area (Å²) in [6.07, 6.45) is 6.22. The normalized spacial score (nSPS) is 12.8. The molecule has 2 unspecified atom stereocenters. The van der Waals surface area contributed by atoms with Crippen LogP contribution in [-0.4, -0.2) is 47.1 Å². The number of methoxy groups -OCH3 is 1. The predicted octanol–water partition coefficient (Wildman–Crippen LogP) is 3.72. The second-order valence-corrected chi connectivity index (χ2v) is 8.75. The lowest BCUT2D eigenvalue weighted by molar-refractivity contribution is 0.394. The highest BCUT2D eigenvalue weighted by Crippen LogP contribution is 2.31. The van der Waals surface area contributed by atoms with Gasteiger partial charge in [0.15, 0.2) is 11.5 Å². The van der Waals surface area contributed by atoms with E-state index in [2.05, 4.69) is 48.7 Å². The van der Waals surface area contributed by atoms with E-state index >= 15 is 0 Å². The van der Waals surface area contributed by atoms with Crippen LogP contribution < -0.4 is 15.0 Å². The Morgan fingerprint density at radius 1 is 1.18 bits per heavy atom. The molecule has 4 rings (SSSR count). The van der Waals surface area contributed by atoms with Crippen molar-refractivity contribution >= 4 is 29.5 Å². The quantitative estimate of drug-likeness (QED) is 0.360. The molecule has 0 aliphatic carbocycles. The Morgan fingerprint density at radius 3 is 2.73 bits per heavy atom. The molecule has 33 heavy (non-hydrogen) atoms. The number of hydrogen-bond acceptors (Lipinski definition) is 9. The van der Waals surface area contributed by atoms with Gasteiger partial charge in [0.1, 0.15) is 0 Å². The van der Waals surface area contributed by atoms with E-state index in [0.29, 0.717) is 22.4 Å². The number of halogens is 1. The fourth-order valence-corrected chi connectivity index (χ4v) is 3.99. The van der Waals surface area contributed by atoms with Crippen molar-refractivity contribution in [2.24, 2.45) is 0 Å². The molecule has 0 amide bonds. The maximum absolute atomic E-state index is 12.8. The lowest BCUT2D eigenvalue weighted by Crippen LogP contribution is -2.19. The van der Waals surface area contributed by atoms with Crippen LogP contribution in [0.1, 0.15) is 25.5 Å². The number of aromatic nitrogens is 7. The Labute approximate surface area is 199 Å². The number of aromatic amines is 1. The van der Waals surface area contributed by atoms with Gasteiger partial charge < -0.3 is 9.72 Å². The number of rotatable bonds is 8. The SMILES string of the molecule is COc1nc[nH]c(=O)c1-n1c(NSC(C)C(C)c2ccc(Cl)cn2)nnc1-c1cccnc1. The summed E-state index contributed by atoms with van der Waals surface area (Å²) in [6, 6.07) is 7.35. The highest BCUT2D eigenvalue weighted by Gasteiger charge is 2.24. The van der Waals surface area contributed by atoms with Crippen molar-refractivity contribution < 1.29 is 4.74 Å². The first kappa shape index (κ1) is 22.7. The summed E-state index contributed by atoms with van der Waals surface area (Å²) in [5, 5.41) is 9.28. The van der Waals surface area contributed by atoms with Crippen LogP contribution >= 0.6 is 23.5 Å². The third-order valence-corrected chi connectivity index (χ3v) is 6.36. The average Bonchev–Trinajstić information content (AvgIpc) is 3.26. The van der Waals surface area contributed by atoms with Gasteiger partial charge in [-0.1, -0.05) is 25.4 Å². The smallest absolute Gasteiger partial charge is 0.279 e. The van der Waals surface area contributed by atoms with Crippen LogP contribution in [0.4, 0.5) is 5.95 Å². The lowest BCUT2D eigenvalue weighted by atomic mass is 10.0. The Balaban J connectivity index is 1.69. The van der Waals surface area contributed by atoms with Crippen LogP contribution in [-0.2, 0) is 0 Å². The minimum Gasteiger partial charge on any atom is -0.479 e. The first-order valence-electron chi connectivity index (χ1n) is 10.0. The molecule has 0 radical (unpaired) electrons. The van der Waals surface area contributed by atoms with Crippen molar-refractivity contribution in [1.82, 2.24) is 34.7 Å². The molecule has 0 aliphatic heterocycles. The number of nitrogens with one attached hydrogen (secondary N) is 2. The largest absolute Gasteiger partial charge is 0.479 e. The van der Waals surface area contributed by atoms with Gasteiger partial charge in [0, 0.05) is 41.0 Å². The number of pyridine rings is 2. The third-order valence-electron chi connectivity index (χ3n) is 5.05. The van der Waals surface area contributed by atoms with Gasteiger partial charge in [0.05, 0.1) is 18.5 Å². The van der Waals surface area contributed by atoms with Crippen molar-refractivity contribution in [1.29, 1.82) is 0 Å². The van der Waals surface area contributed by atoms with Crippen molar-refractivity contribution in [2.75, 3.05) is 11.8 Å². The van der Waals surface area contributed by atoms with Crippen LogP contribution in [0.25, 0.3) is 17.1 Å². The highest BCUT2D eigenvalue weighted by atomic mass is 35.5. The van der Waals surface area contributed by atoms with E-state index in [1.807, 2.05) is 18.2 Å². The van der Waals surface area contributed by atoms with Crippen molar-refractivity contribution in [3.05, 3.63) is 70.3 Å². The summed E-state index contributed by atoms with van der Waals surface area (Å²) in [5.41, 5.74) is 1.36. The van der Waals surface area contributed by atoms with Gasteiger partial charge in [-0.25, -0.2) is 4.98 Å². The zero-order valence-electron chi connectivity index (χ0n) is 18.1. The van der Waals surface area contributed by atoms with E-state index in [-0.39, 0.29) is 22.7 Å². The molecule has 0 saturated carbocycles. The Hall–Kier alpha value is -3.44. The molecule has 4 aromatic heterocycles. The minimum absolute atomic E-state index is 0.0970. The van der Waals surface area contributed by atoms with Crippen molar-refractivity contribution in [2.45, 2.75) is 25.0 Å². The second-order valence-electron chi connectivity index (χ2n) is 7.13. The molecule has 10 nitrogen and oxygen atoms in total. The molecule has 0 bridgehead atoms. The lowest BCUT2D eigenvalue weighted by Gasteiger charge is -2.19. The fourth-order valence-electron chi connectivity index (χ4n) is 3.11. The molecule has 2 atom stereocenters. The number of ether oxygens (including phenoxy) is 1. The summed E-state index contributed by atoms with van der Waals surface area (Å²) in [4.78, 5) is 28.1. The molecule has 0 fully saturated rings. The van der Waals surface area contributed by atoms with E-state index in [4.69, 9.17) is 16.3 Å². The summed E-state index contributed by atoms with van der Waals surface area (Å²) in [5.74, 6) is 1.02. The molecule has 0 aliphatic rings. The molecule has 2 N–H and O–H groups in total. The molecule has 4 aromatic rings. The zero-order chi connectivity index (χ0) is 23.4. The first-order valence-corrected chi connectivity index (χ1v) is 11.3. The van der Waals surface area contributed by atoms with E-state index in [0.717, 1.165) is 5.69 Å². The van der Waals surface area contributed by atoms with Crippen LogP contribution in [0, 0.1) is 0 Å². The maximum atomic E-state index is 12.8. The number of nitrogens with zero attached hydrogens (tertiary/aromatic N) is 6. The summed E-state index contributed by atoms with van der Waals surface area (Å²) in [7, 11) is 1.45. The Bertz CT molecular complexity index is 1280. The van der Waals surface area contributed by atoms with Crippen LogP contribution in [0.2, 0.25) is 5.02 Å². The molecule has 0 spiro atoms. The zero-order valence-corrected chi connectivity index (χ0v) is 19.6. The number of anilines is 1. The van der Waals surface area contributed by atoms with Gasteiger partial charge in [-0.2, -0.15) is 0 Å². The standard InChI is InChI=1S/C21H21ClN8O2S/c1-12(16-7-6-15(22)10-24-16)13(2)33-29-21-28-27-18(14-5-4-8-23-9-14)30(21)17-19(31)25-11-26-20(17)32-3/h4-13H,1-3H3,(H,28,29)(H,25,26,31). The van der Waals surface area contributed by atoms with Gasteiger partial charge in [0.25, 0.3) is 5.56 Å². The van der Waals surface area contributed by atoms with Gasteiger partial charge in [-0.15, -0.1) is 10.2 Å². The molecule has 12 heteroatoms. The molecule has 4 heterocycles. The van der Waals surface area contributed by atoms with Crippen LogP contribution in [0.3, 0.4) is 0 Å². The van der Waals surface area contributed by atoms with E-state index in [9.17, 15) is 4.79 Å². The highest BCUT2D eigenvalue weighted by molar-refractivity contribution is 8.01. The molecule has 0 aromatic carbocycles. The predicted molar refractivity (Wildman–Crippen MR) is 128 cm³/mol. The molecular weight excluding hydrogens is 464 g/mol. The summed E-state index contributed by atoms with van der Waals surface area (Å²) >= 11 is 7.40. The van der Waals surface area contributed by atoms with Crippen LogP contribution in [0.15, 0.2) is 54.0 Å². The fraction of sp³-hybridized carbons (Fsp3) is 0.238. The minimum atomic E-state index is -0.397. The first-order chi connectivity index (χ1) is 16.0. The second kappa shape index (κ2) is 10.0. The van der Waals surface area contributed by atoms with Crippen molar-refractivity contribution in [3.63, 3.8) is 0 Å². The maximum Gasteiger partial charge on any atom is 0.279 e. The van der Waals surface area contributed by atoms with Crippen LogP contribution in [0.5, 0.6) is 5.88 Å². The topological polar surface area (TPSA) is 124 Å². The number of H-pyrrole nitrogens is 1. The summed E-state index contributed by atoms with van der Waals surface area (Å²) < 4.78 is 10.2. The summed E-state index contributed by atoms with van der Waals surface area (Å²) in [6.45, 7) is 4.15. The Kier molecular flexibility index (Phi) is 6.90. The average molecular weight is 485 g/mol. The van der Waals surface area contributed by atoms with Gasteiger partial charge >= 0.3 is 0 Å². The van der Waals surface area contributed by atoms with E-state index < -0.39 is 5.56 Å². The monoisotopic (exact) mass is 484 g/mol. The van der Waals surface area contributed by atoms with Gasteiger partial charge in [-0.05, 0) is 36.2 Å². The Morgan fingerprint density at radius 2 is 2.03 bits per heavy atom. The third kappa shape index (κ3) is 4.83. The van der Waals surface area contributed by atoms with E-state index in [1.54, 1.807) is 29.2 Å². The molecule has 0 saturated heterocycles. The van der Waals surface area contributed by atoms with Gasteiger partial charge in [0.2, 0.25) is 11.8 Å². The van der Waals surface area contributed by atoms with E-state index in [1.165, 1.54) is 25.4 Å².